The Kier molecular flexibility index (Phi) is 6.35. The van der Waals surface area contributed by atoms with E-state index in [1.165, 1.54) is 4.90 Å². The number of hydrogen-bond acceptors (Lipinski definition) is 5. The highest BCUT2D eigenvalue weighted by atomic mass is 16.7. The molecule has 7 nitrogen and oxygen atoms in total. The number of nitrogens with zero attached hydrogens (tertiary/aromatic N) is 1. The number of likely N-dealkylation sites (N-methyl/N-ethyl adjacent to an activating group) is 1. The first-order valence-electron chi connectivity index (χ1n) is 10.8. The lowest BCUT2D eigenvalue weighted by molar-refractivity contribution is -0.125. The van der Waals surface area contributed by atoms with Gasteiger partial charge in [-0.15, -0.1) is 0 Å². The SMILES string of the molecule is C[C@@H]1C(=O)N[C@H](c2ccc3c(c2)OCO3)C/C=C\C[C@H](C)Oc2ccccc2C(=O)N1C. The molecule has 0 bridgehead atoms. The van der Waals surface area contributed by atoms with Gasteiger partial charge in [-0.25, -0.2) is 0 Å². The molecule has 0 radical (unpaired) electrons. The van der Waals surface area contributed by atoms with Gasteiger partial charge in [0.1, 0.15) is 11.8 Å². The molecule has 2 amide bonds. The van der Waals surface area contributed by atoms with Gasteiger partial charge < -0.3 is 24.4 Å². The zero-order valence-corrected chi connectivity index (χ0v) is 18.5. The van der Waals surface area contributed by atoms with Crippen molar-refractivity contribution in [2.45, 2.75) is 44.9 Å². The molecule has 2 heterocycles. The molecule has 0 aliphatic carbocycles. The van der Waals surface area contributed by atoms with Crippen molar-refractivity contribution < 1.29 is 23.8 Å². The quantitative estimate of drug-likeness (QED) is 0.687. The Morgan fingerprint density at radius 2 is 1.69 bits per heavy atom. The van der Waals surface area contributed by atoms with E-state index < -0.39 is 6.04 Å². The Morgan fingerprint density at radius 1 is 0.938 bits per heavy atom. The highest BCUT2D eigenvalue weighted by Gasteiger charge is 2.28. The molecule has 4 rings (SSSR count). The summed E-state index contributed by atoms with van der Waals surface area (Å²) in [4.78, 5) is 27.7. The maximum absolute atomic E-state index is 13.2. The minimum Gasteiger partial charge on any atom is -0.490 e. The highest BCUT2D eigenvalue weighted by molar-refractivity contribution is 5.99. The minimum absolute atomic E-state index is 0.107. The number of carbonyl (C=O) groups excluding carboxylic acids is 2. The molecule has 2 aromatic rings. The number of amides is 2. The molecule has 3 atom stereocenters. The molecule has 0 saturated heterocycles. The van der Waals surface area contributed by atoms with Crippen LogP contribution >= 0.6 is 0 Å². The van der Waals surface area contributed by atoms with Crippen LogP contribution in [0, 0.1) is 0 Å². The molecular formula is C25H28N2O5. The summed E-state index contributed by atoms with van der Waals surface area (Å²) in [6, 6.07) is 11.9. The molecule has 0 spiro atoms. The summed E-state index contributed by atoms with van der Waals surface area (Å²) in [5.41, 5.74) is 1.35. The van der Waals surface area contributed by atoms with Crippen molar-refractivity contribution in [2.75, 3.05) is 13.8 Å². The second-order valence-corrected chi connectivity index (χ2v) is 8.13. The van der Waals surface area contributed by atoms with Crippen LogP contribution < -0.4 is 19.5 Å². The lowest BCUT2D eigenvalue weighted by Crippen LogP contribution is -2.47. The summed E-state index contributed by atoms with van der Waals surface area (Å²) in [5, 5.41) is 3.10. The summed E-state index contributed by atoms with van der Waals surface area (Å²) >= 11 is 0. The van der Waals surface area contributed by atoms with Gasteiger partial charge in [-0.05, 0) is 50.1 Å². The van der Waals surface area contributed by atoms with Crippen LogP contribution in [0.2, 0.25) is 0 Å². The van der Waals surface area contributed by atoms with Crippen LogP contribution in [0.5, 0.6) is 17.2 Å². The molecule has 0 fully saturated rings. The Bertz CT molecular complexity index is 1030. The van der Waals surface area contributed by atoms with Gasteiger partial charge >= 0.3 is 0 Å². The van der Waals surface area contributed by atoms with Crippen LogP contribution in [0.25, 0.3) is 0 Å². The lowest BCUT2D eigenvalue weighted by Gasteiger charge is -2.28. The topological polar surface area (TPSA) is 77.1 Å². The van der Waals surface area contributed by atoms with E-state index in [1.54, 1.807) is 32.2 Å². The van der Waals surface area contributed by atoms with E-state index in [1.807, 2.05) is 43.3 Å². The van der Waals surface area contributed by atoms with Crippen LogP contribution in [0.4, 0.5) is 0 Å². The first-order valence-corrected chi connectivity index (χ1v) is 10.8. The van der Waals surface area contributed by atoms with E-state index in [2.05, 4.69) is 5.32 Å². The minimum atomic E-state index is -0.670. The van der Waals surface area contributed by atoms with E-state index in [0.29, 0.717) is 35.7 Å². The van der Waals surface area contributed by atoms with Crippen molar-refractivity contribution in [2.24, 2.45) is 0 Å². The summed E-state index contributed by atoms with van der Waals surface area (Å²) in [6.45, 7) is 3.89. The Morgan fingerprint density at radius 3 is 2.53 bits per heavy atom. The van der Waals surface area contributed by atoms with Gasteiger partial charge in [-0.2, -0.15) is 0 Å². The van der Waals surface area contributed by atoms with Gasteiger partial charge in [-0.1, -0.05) is 30.4 Å². The van der Waals surface area contributed by atoms with Crippen LogP contribution in [0.1, 0.15) is 48.7 Å². The summed E-state index contributed by atoms with van der Waals surface area (Å²) in [6.07, 6.45) is 5.26. The molecule has 0 unspecified atom stereocenters. The summed E-state index contributed by atoms with van der Waals surface area (Å²) < 4.78 is 17.0. The van der Waals surface area contributed by atoms with Crippen molar-refractivity contribution in [1.29, 1.82) is 0 Å². The number of hydrogen-bond donors (Lipinski definition) is 1. The van der Waals surface area contributed by atoms with Crippen LogP contribution in [0.3, 0.4) is 0 Å². The summed E-state index contributed by atoms with van der Waals surface area (Å²) in [7, 11) is 1.63. The highest BCUT2D eigenvalue weighted by Crippen LogP contribution is 2.35. The molecule has 0 aromatic heterocycles. The van der Waals surface area contributed by atoms with E-state index in [4.69, 9.17) is 14.2 Å². The van der Waals surface area contributed by atoms with Gasteiger partial charge in [0.05, 0.1) is 17.7 Å². The Balaban J connectivity index is 1.64. The zero-order chi connectivity index (χ0) is 22.7. The molecule has 2 aromatic carbocycles. The van der Waals surface area contributed by atoms with E-state index in [9.17, 15) is 9.59 Å². The zero-order valence-electron chi connectivity index (χ0n) is 18.5. The largest absolute Gasteiger partial charge is 0.490 e. The van der Waals surface area contributed by atoms with Crippen molar-refractivity contribution in [3.63, 3.8) is 0 Å². The number of fused-ring (bicyclic) bond motifs is 2. The normalized spacial score (nSPS) is 24.7. The maximum Gasteiger partial charge on any atom is 0.258 e. The van der Waals surface area contributed by atoms with Gasteiger partial charge in [0.2, 0.25) is 12.7 Å². The van der Waals surface area contributed by atoms with Gasteiger partial charge in [0, 0.05) is 13.5 Å². The van der Waals surface area contributed by atoms with Gasteiger partial charge in [0.25, 0.3) is 5.91 Å². The monoisotopic (exact) mass is 436 g/mol. The standard InChI is InChI=1S/C25H28N2O5/c1-16-8-4-6-10-20(18-12-13-22-23(14-18)31-15-30-22)26-24(28)17(2)27(3)25(29)19-9-5-7-11-21(19)32-16/h4-7,9,11-14,16-17,20H,8,10,15H2,1-3H3,(H,26,28)/b6-4-/t16-,17+,20-/m0/s1. The fourth-order valence-corrected chi connectivity index (χ4v) is 3.77. The average molecular weight is 437 g/mol. The van der Waals surface area contributed by atoms with E-state index >= 15 is 0 Å². The fourth-order valence-electron chi connectivity index (χ4n) is 3.77. The molecule has 32 heavy (non-hydrogen) atoms. The molecule has 7 heteroatoms. The van der Waals surface area contributed by atoms with E-state index in [-0.39, 0.29) is 30.8 Å². The van der Waals surface area contributed by atoms with Crippen molar-refractivity contribution in [3.8, 4) is 17.2 Å². The lowest BCUT2D eigenvalue weighted by atomic mass is 10.0. The molecule has 2 aliphatic heterocycles. The molecule has 168 valence electrons. The second kappa shape index (κ2) is 9.34. The number of benzene rings is 2. The molecule has 2 aliphatic rings. The van der Waals surface area contributed by atoms with Crippen LogP contribution in [-0.2, 0) is 4.79 Å². The predicted molar refractivity (Wildman–Crippen MR) is 120 cm³/mol. The second-order valence-electron chi connectivity index (χ2n) is 8.13. The van der Waals surface area contributed by atoms with Crippen molar-refractivity contribution in [3.05, 3.63) is 65.7 Å². The van der Waals surface area contributed by atoms with Gasteiger partial charge in [0.15, 0.2) is 11.5 Å². The third kappa shape index (κ3) is 4.56. The maximum atomic E-state index is 13.2. The number of rotatable bonds is 1. The number of ether oxygens (including phenoxy) is 3. The summed E-state index contributed by atoms with van der Waals surface area (Å²) in [5.74, 6) is 1.38. The van der Waals surface area contributed by atoms with Crippen molar-refractivity contribution in [1.82, 2.24) is 10.2 Å². The fraction of sp³-hybridized carbons (Fsp3) is 0.360. The number of nitrogens with one attached hydrogen (secondary N) is 1. The predicted octanol–water partition coefficient (Wildman–Crippen LogP) is 3.85. The van der Waals surface area contributed by atoms with E-state index in [0.717, 1.165) is 5.56 Å². The Hall–Kier alpha value is -3.48. The first-order chi connectivity index (χ1) is 15.4. The smallest absolute Gasteiger partial charge is 0.258 e. The number of carbonyl (C=O) groups is 2. The molecule has 1 N–H and O–H groups in total. The van der Waals surface area contributed by atoms with Crippen molar-refractivity contribution >= 4 is 11.8 Å². The Labute approximate surface area is 188 Å². The first kappa shape index (κ1) is 21.7. The van der Waals surface area contributed by atoms with Gasteiger partial charge in [-0.3, -0.25) is 9.59 Å². The number of para-hydroxylation sites is 1. The average Bonchev–Trinajstić information content (AvgIpc) is 3.27. The molecular weight excluding hydrogens is 408 g/mol. The third-order valence-electron chi connectivity index (χ3n) is 5.85. The molecule has 0 saturated carbocycles. The van der Waals surface area contributed by atoms with Crippen LogP contribution in [-0.4, -0.2) is 42.7 Å². The van der Waals surface area contributed by atoms with Crippen LogP contribution in [0.15, 0.2) is 54.6 Å². The third-order valence-corrected chi connectivity index (χ3v) is 5.85.